The van der Waals surface area contributed by atoms with Crippen LogP contribution in [0.15, 0.2) is 41.4 Å². The van der Waals surface area contributed by atoms with Gasteiger partial charge in [0.05, 0.1) is 26.1 Å². The van der Waals surface area contributed by atoms with E-state index in [4.69, 9.17) is 9.47 Å². The van der Waals surface area contributed by atoms with Gasteiger partial charge < -0.3 is 14.4 Å². The summed E-state index contributed by atoms with van der Waals surface area (Å²) in [7, 11) is -0.955. The van der Waals surface area contributed by atoms with Crippen molar-refractivity contribution in [3.05, 3.63) is 36.5 Å². The van der Waals surface area contributed by atoms with Crippen molar-refractivity contribution < 1.29 is 17.9 Å². The third kappa shape index (κ3) is 3.79. The highest BCUT2D eigenvalue weighted by atomic mass is 32.2. The maximum atomic E-state index is 12.7. The monoisotopic (exact) mass is 363 g/mol. The lowest BCUT2D eigenvalue weighted by molar-refractivity contribution is 0.392. The van der Waals surface area contributed by atoms with E-state index >= 15 is 0 Å². The van der Waals surface area contributed by atoms with Crippen LogP contribution in [0.25, 0.3) is 0 Å². The molecule has 0 amide bonds. The molecule has 7 nitrogen and oxygen atoms in total. The largest absolute Gasteiger partial charge is 0.497 e. The Kier molecular flexibility index (Phi) is 4.98. The summed E-state index contributed by atoms with van der Waals surface area (Å²) in [5.74, 6) is 0.924. The van der Waals surface area contributed by atoms with Gasteiger partial charge in [-0.15, -0.1) is 0 Å². The molecule has 1 aromatic heterocycles. The van der Waals surface area contributed by atoms with Crippen molar-refractivity contribution in [1.82, 2.24) is 4.98 Å². The normalized spacial score (nSPS) is 14.4. The number of hydrogen-bond acceptors (Lipinski definition) is 6. The second kappa shape index (κ2) is 7.18. The van der Waals surface area contributed by atoms with Crippen molar-refractivity contribution in [1.29, 1.82) is 0 Å². The molecule has 1 N–H and O–H groups in total. The summed E-state index contributed by atoms with van der Waals surface area (Å²) in [6, 6.07) is 8.15. The Bertz CT molecular complexity index is 831. The van der Waals surface area contributed by atoms with Gasteiger partial charge in [-0.3, -0.25) is 4.72 Å². The number of nitrogens with zero attached hydrogens (tertiary/aromatic N) is 2. The number of nitrogens with one attached hydrogen (secondary N) is 1. The van der Waals surface area contributed by atoms with E-state index in [2.05, 4.69) is 14.6 Å². The number of methoxy groups -OCH3 is 2. The van der Waals surface area contributed by atoms with Gasteiger partial charge in [-0.05, 0) is 37.1 Å². The highest BCUT2D eigenvalue weighted by Crippen LogP contribution is 2.29. The molecule has 8 heteroatoms. The van der Waals surface area contributed by atoms with Crippen molar-refractivity contribution in [2.45, 2.75) is 17.7 Å². The van der Waals surface area contributed by atoms with Crippen LogP contribution in [0.2, 0.25) is 0 Å². The molecule has 3 rings (SSSR count). The predicted molar refractivity (Wildman–Crippen MR) is 96.0 cm³/mol. The zero-order valence-electron chi connectivity index (χ0n) is 14.2. The summed E-state index contributed by atoms with van der Waals surface area (Å²) in [6.45, 7) is 2.02. The number of rotatable bonds is 6. The van der Waals surface area contributed by atoms with E-state index in [0.29, 0.717) is 5.75 Å². The fraction of sp³-hybridized carbons (Fsp3) is 0.353. The molecule has 2 aromatic rings. The van der Waals surface area contributed by atoms with Crippen LogP contribution in [0, 0.1) is 0 Å². The van der Waals surface area contributed by atoms with Gasteiger partial charge in [0.15, 0.2) is 0 Å². The number of pyridine rings is 1. The Morgan fingerprint density at radius 3 is 2.44 bits per heavy atom. The minimum atomic E-state index is -3.85. The van der Waals surface area contributed by atoms with E-state index in [1.54, 1.807) is 24.4 Å². The van der Waals surface area contributed by atoms with E-state index in [-0.39, 0.29) is 16.5 Å². The lowest BCUT2D eigenvalue weighted by Gasteiger charge is -2.17. The number of anilines is 2. The summed E-state index contributed by atoms with van der Waals surface area (Å²) in [6.07, 6.45) is 4.03. The van der Waals surface area contributed by atoms with Gasteiger partial charge in [0.1, 0.15) is 22.2 Å². The SMILES string of the molecule is COc1ccc(OC)c(S(=O)(=O)Nc2ccc(N3CCCC3)cn2)c1. The fourth-order valence-electron chi connectivity index (χ4n) is 2.80. The maximum absolute atomic E-state index is 12.7. The molecule has 0 unspecified atom stereocenters. The van der Waals surface area contributed by atoms with Gasteiger partial charge >= 0.3 is 0 Å². The standard InChI is InChI=1S/C17H21N3O4S/c1-23-14-6-7-15(24-2)16(11-14)25(21,22)19-17-8-5-13(12-18-17)20-9-3-4-10-20/h5-8,11-12H,3-4,9-10H2,1-2H3,(H,18,19). The lowest BCUT2D eigenvalue weighted by atomic mass is 10.3. The quantitative estimate of drug-likeness (QED) is 0.849. The maximum Gasteiger partial charge on any atom is 0.266 e. The average Bonchev–Trinajstić information content (AvgIpc) is 3.16. The van der Waals surface area contributed by atoms with E-state index < -0.39 is 10.0 Å². The summed E-state index contributed by atoms with van der Waals surface area (Å²) >= 11 is 0. The molecule has 2 heterocycles. The summed E-state index contributed by atoms with van der Waals surface area (Å²) in [4.78, 5) is 6.46. The minimum absolute atomic E-state index is 0.000213. The molecule has 1 saturated heterocycles. The first-order valence-electron chi connectivity index (χ1n) is 7.99. The van der Waals surface area contributed by atoms with Crippen molar-refractivity contribution >= 4 is 21.5 Å². The molecule has 1 aromatic carbocycles. The molecular weight excluding hydrogens is 342 g/mol. The molecule has 0 saturated carbocycles. The van der Waals surface area contributed by atoms with Crippen molar-refractivity contribution in [3.63, 3.8) is 0 Å². The number of sulfonamides is 1. The van der Waals surface area contributed by atoms with Crippen LogP contribution in [0.3, 0.4) is 0 Å². The minimum Gasteiger partial charge on any atom is -0.497 e. The van der Waals surface area contributed by atoms with Gasteiger partial charge in [-0.2, -0.15) is 0 Å². The van der Waals surface area contributed by atoms with E-state index in [0.717, 1.165) is 18.8 Å². The zero-order valence-corrected chi connectivity index (χ0v) is 15.0. The molecule has 1 aliphatic rings. The third-order valence-corrected chi connectivity index (χ3v) is 5.49. The summed E-state index contributed by atoms with van der Waals surface area (Å²) < 4.78 is 38.1. The topological polar surface area (TPSA) is 80.8 Å². The Balaban J connectivity index is 1.84. The average molecular weight is 363 g/mol. The summed E-state index contributed by atoms with van der Waals surface area (Å²) in [5.41, 5.74) is 0.999. The molecule has 1 fully saturated rings. The number of benzene rings is 1. The van der Waals surface area contributed by atoms with Gasteiger partial charge in [0, 0.05) is 19.2 Å². The molecule has 25 heavy (non-hydrogen) atoms. The van der Waals surface area contributed by atoms with Gasteiger partial charge in [0.25, 0.3) is 10.0 Å². The van der Waals surface area contributed by atoms with Crippen molar-refractivity contribution in [2.24, 2.45) is 0 Å². The molecule has 0 spiro atoms. The fourth-order valence-corrected chi connectivity index (χ4v) is 3.99. The lowest BCUT2D eigenvalue weighted by Crippen LogP contribution is -2.18. The number of aromatic nitrogens is 1. The van der Waals surface area contributed by atoms with Gasteiger partial charge in [-0.1, -0.05) is 0 Å². The van der Waals surface area contributed by atoms with Crippen molar-refractivity contribution in [3.8, 4) is 11.5 Å². The molecule has 0 aliphatic carbocycles. The number of ether oxygens (including phenoxy) is 2. The van der Waals surface area contributed by atoms with E-state index in [1.165, 1.54) is 33.1 Å². The zero-order chi connectivity index (χ0) is 17.9. The van der Waals surface area contributed by atoms with E-state index in [1.807, 2.05) is 6.07 Å². The van der Waals surface area contributed by atoms with Crippen LogP contribution in [-0.2, 0) is 10.0 Å². The molecular formula is C17H21N3O4S. The van der Waals surface area contributed by atoms with Gasteiger partial charge in [-0.25, -0.2) is 13.4 Å². The van der Waals surface area contributed by atoms with Crippen molar-refractivity contribution in [2.75, 3.05) is 36.9 Å². The summed E-state index contributed by atoms with van der Waals surface area (Å²) in [5, 5.41) is 0. The highest BCUT2D eigenvalue weighted by molar-refractivity contribution is 7.92. The molecule has 0 atom stereocenters. The van der Waals surface area contributed by atoms with Crippen LogP contribution in [0.1, 0.15) is 12.8 Å². The first-order chi connectivity index (χ1) is 12.0. The first kappa shape index (κ1) is 17.3. The Morgan fingerprint density at radius 2 is 1.84 bits per heavy atom. The second-order valence-corrected chi connectivity index (χ2v) is 7.37. The van der Waals surface area contributed by atoms with Crippen LogP contribution >= 0.6 is 0 Å². The molecule has 134 valence electrons. The van der Waals surface area contributed by atoms with E-state index in [9.17, 15) is 8.42 Å². The predicted octanol–water partition coefficient (Wildman–Crippen LogP) is 2.50. The molecule has 0 bridgehead atoms. The first-order valence-corrected chi connectivity index (χ1v) is 9.47. The highest BCUT2D eigenvalue weighted by Gasteiger charge is 2.21. The van der Waals surface area contributed by atoms with Gasteiger partial charge in [0.2, 0.25) is 0 Å². The Hall–Kier alpha value is -2.48. The number of hydrogen-bond donors (Lipinski definition) is 1. The van der Waals surface area contributed by atoms with Crippen LogP contribution < -0.4 is 19.1 Å². The third-order valence-electron chi connectivity index (χ3n) is 4.12. The second-order valence-electron chi connectivity index (χ2n) is 5.72. The molecule has 1 aliphatic heterocycles. The Morgan fingerprint density at radius 1 is 1.08 bits per heavy atom. The van der Waals surface area contributed by atoms with Crippen LogP contribution in [0.4, 0.5) is 11.5 Å². The van der Waals surface area contributed by atoms with Crippen LogP contribution in [0.5, 0.6) is 11.5 Å². The van der Waals surface area contributed by atoms with Crippen LogP contribution in [-0.4, -0.2) is 40.7 Å². The molecule has 0 radical (unpaired) electrons. The Labute approximate surface area is 147 Å². The smallest absolute Gasteiger partial charge is 0.266 e.